The number of hydroxylamine groups is 1. The number of carbonyl (C=O) groups is 1. The van der Waals surface area contributed by atoms with Crippen LogP contribution in [0.25, 0.3) is 0 Å². The maximum atomic E-state index is 12.6. The Labute approximate surface area is 151 Å². The molecule has 0 saturated heterocycles. The van der Waals surface area contributed by atoms with Gasteiger partial charge in [0.25, 0.3) is 5.91 Å². The predicted octanol–water partition coefficient (Wildman–Crippen LogP) is 2.99. The van der Waals surface area contributed by atoms with Crippen molar-refractivity contribution in [3.8, 4) is 0 Å². The molecular weight excluding hydrogens is 340 g/mol. The Balaban J connectivity index is 2.68. The van der Waals surface area contributed by atoms with Gasteiger partial charge in [0, 0.05) is 6.54 Å². The Kier molecular flexibility index (Phi) is 9.70. The molecule has 2 N–H and O–H groups in total. The van der Waals surface area contributed by atoms with Crippen molar-refractivity contribution in [3.05, 3.63) is 35.4 Å². The van der Waals surface area contributed by atoms with Crippen LogP contribution in [0.2, 0.25) is 0 Å². The van der Waals surface area contributed by atoms with E-state index >= 15 is 0 Å². The zero-order chi connectivity index (χ0) is 18.7. The van der Waals surface area contributed by atoms with Crippen LogP contribution in [-0.4, -0.2) is 36.1 Å². The van der Waals surface area contributed by atoms with E-state index in [1.165, 1.54) is 11.9 Å². The lowest BCUT2D eigenvalue weighted by molar-refractivity contribution is -0.129. The van der Waals surface area contributed by atoms with E-state index in [0.29, 0.717) is 6.42 Å². The minimum atomic E-state index is -3.57. The standard InChI is InChI=1S/C18H30N2O4S/c1-3-4-5-6-7-8-13-25(23,24)20(15-18(21)19-22)14-17-11-9-16(2)10-12-17/h9-12,22H,3-8,13-15H2,1-2H3,(H,19,21). The van der Waals surface area contributed by atoms with Gasteiger partial charge >= 0.3 is 0 Å². The molecule has 1 rings (SSSR count). The number of carbonyl (C=O) groups excluding carboxylic acids is 1. The summed E-state index contributed by atoms with van der Waals surface area (Å²) >= 11 is 0. The first kappa shape index (κ1) is 21.6. The van der Waals surface area contributed by atoms with Gasteiger partial charge in [-0.1, -0.05) is 68.9 Å². The van der Waals surface area contributed by atoms with Crippen LogP contribution < -0.4 is 5.48 Å². The molecule has 0 unspecified atom stereocenters. The third-order valence-corrected chi connectivity index (χ3v) is 5.92. The molecule has 142 valence electrons. The Morgan fingerprint density at radius 3 is 2.28 bits per heavy atom. The number of nitrogens with zero attached hydrogens (tertiary/aromatic N) is 1. The summed E-state index contributed by atoms with van der Waals surface area (Å²) in [6.07, 6.45) is 5.91. The highest BCUT2D eigenvalue weighted by molar-refractivity contribution is 7.89. The molecule has 1 aromatic rings. The first-order valence-electron chi connectivity index (χ1n) is 8.85. The van der Waals surface area contributed by atoms with E-state index in [1.807, 2.05) is 31.2 Å². The Morgan fingerprint density at radius 2 is 1.68 bits per heavy atom. The lowest BCUT2D eigenvalue weighted by Gasteiger charge is -2.21. The van der Waals surface area contributed by atoms with Gasteiger partial charge < -0.3 is 0 Å². The molecular formula is C18H30N2O4S. The second-order valence-corrected chi connectivity index (χ2v) is 8.46. The van der Waals surface area contributed by atoms with Gasteiger partial charge in [-0.25, -0.2) is 13.9 Å². The monoisotopic (exact) mass is 370 g/mol. The third-order valence-electron chi connectivity index (χ3n) is 4.07. The van der Waals surface area contributed by atoms with Crippen molar-refractivity contribution < 1.29 is 18.4 Å². The molecule has 0 aromatic heterocycles. The summed E-state index contributed by atoms with van der Waals surface area (Å²) in [5.41, 5.74) is 3.40. The molecule has 25 heavy (non-hydrogen) atoms. The molecule has 0 atom stereocenters. The van der Waals surface area contributed by atoms with E-state index in [9.17, 15) is 13.2 Å². The van der Waals surface area contributed by atoms with Crippen LogP contribution in [0.3, 0.4) is 0 Å². The van der Waals surface area contributed by atoms with Crippen LogP contribution in [0.1, 0.15) is 56.6 Å². The molecule has 6 nitrogen and oxygen atoms in total. The smallest absolute Gasteiger partial charge is 0.258 e. The van der Waals surface area contributed by atoms with Crippen molar-refractivity contribution in [3.63, 3.8) is 0 Å². The molecule has 0 saturated carbocycles. The van der Waals surface area contributed by atoms with Gasteiger partial charge in [0.05, 0.1) is 12.3 Å². The molecule has 0 aliphatic carbocycles. The van der Waals surface area contributed by atoms with E-state index < -0.39 is 15.9 Å². The van der Waals surface area contributed by atoms with Crippen molar-refractivity contribution in [1.29, 1.82) is 0 Å². The summed E-state index contributed by atoms with van der Waals surface area (Å²) in [4.78, 5) is 11.5. The van der Waals surface area contributed by atoms with Crippen molar-refractivity contribution in [2.45, 2.75) is 58.9 Å². The van der Waals surface area contributed by atoms with Crippen LogP contribution in [-0.2, 0) is 21.4 Å². The number of sulfonamides is 1. The van der Waals surface area contributed by atoms with Gasteiger partial charge in [-0.15, -0.1) is 0 Å². The van der Waals surface area contributed by atoms with Crippen molar-refractivity contribution in [1.82, 2.24) is 9.79 Å². The van der Waals surface area contributed by atoms with Crippen molar-refractivity contribution in [2.24, 2.45) is 0 Å². The van der Waals surface area contributed by atoms with Gasteiger partial charge in [-0.3, -0.25) is 10.0 Å². The van der Waals surface area contributed by atoms with Crippen molar-refractivity contribution in [2.75, 3.05) is 12.3 Å². The Bertz CT molecular complexity index is 614. The molecule has 1 amide bonds. The summed E-state index contributed by atoms with van der Waals surface area (Å²) in [6, 6.07) is 7.50. The first-order valence-corrected chi connectivity index (χ1v) is 10.5. The van der Waals surface area contributed by atoms with Crippen LogP contribution in [0.15, 0.2) is 24.3 Å². The molecule has 1 aromatic carbocycles. The fourth-order valence-corrected chi connectivity index (χ4v) is 4.03. The summed E-state index contributed by atoms with van der Waals surface area (Å²) < 4.78 is 26.3. The average Bonchev–Trinajstić information content (AvgIpc) is 2.59. The second-order valence-electron chi connectivity index (χ2n) is 6.37. The third kappa shape index (κ3) is 8.47. The summed E-state index contributed by atoms with van der Waals surface area (Å²) in [5.74, 6) is -0.720. The topological polar surface area (TPSA) is 86.7 Å². The van der Waals surface area contributed by atoms with E-state index in [4.69, 9.17) is 5.21 Å². The van der Waals surface area contributed by atoms with Crippen LogP contribution in [0, 0.1) is 6.92 Å². The van der Waals surface area contributed by atoms with Crippen LogP contribution >= 0.6 is 0 Å². The molecule has 0 aliphatic heterocycles. The summed E-state index contributed by atoms with van der Waals surface area (Å²) in [7, 11) is -3.57. The normalized spacial score (nSPS) is 11.7. The number of hydrogen-bond donors (Lipinski definition) is 2. The lowest BCUT2D eigenvalue weighted by Crippen LogP contribution is -2.40. The van der Waals surface area contributed by atoms with E-state index in [1.54, 1.807) is 0 Å². The average molecular weight is 371 g/mol. The van der Waals surface area contributed by atoms with E-state index in [-0.39, 0.29) is 18.8 Å². The maximum Gasteiger partial charge on any atom is 0.258 e. The van der Waals surface area contributed by atoms with Gasteiger partial charge in [0.15, 0.2) is 0 Å². The number of amides is 1. The van der Waals surface area contributed by atoms with Crippen LogP contribution in [0.5, 0.6) is 0 Å². The Morgan fingerprint density at radius 1 is 1.08 bits per heavy atom. The van der Waals surface area contributed by atoms with Gasteiger partial charge in [0.2, 0.25) is 10.0 Å². The highest BCUT2D eigenvalue weighted by atomic mass is 32.2. The van der Waals surface area contributed by atoms with E-state index in [0.717, 1.165) is 41.1 Å². The molecule has 0 spiro atoms. The van der Waals surface area contributed by atoms with Crippen LogP contribution in [0.4, 0.5) is 0 Å². The lowest BCUT2D eigenvalue weighted by atomic mass is 10.1. The number of benzene rings is 1. The predicted molar refractivity (Wildman–Crippen MR) is 98.7 cm³/mol. The quantitative estimate of drug-likeness (QED) is 0.336. The van der Waals surface area contributed by atoms with Gasteiger partial charge in [0.1, 0.15) is 0 Å². The first-order chi connectivity index (χ1) is 11.9. The molecule has 7 heteroatoms. The maximum absolute atomic E-state index is 12.6. The molecule has 0 radical (unpaired) electrons. The minimum Gasteiger partial charge on any atom is -0.289 e. The number of unbranched alkanes of at least 4 members (excludes halogenated alkanes) is 5. The molecule has 0 fully saturated rings. The fraction of sp³-hybridized carbons (Fsp3) is 0.611. The molecule has 0 aliphatic rings. The fourth-order valence-electron chi connectivity index (χ4n) is 2.54. The van der Waals surface area contributed by atoms with E-state index in [2.05, 4.69) is 6.92 Å². The number of rotatable bonds is 12. The van der Waals surface area contributed by atoms with Gasteiger partial charge in [-0.2, -0.15) is 4.31 Å². The molecule has 0 heterocycles. The SMILES string of the molecule is CCCCCCCCS(=O)(=O)N(CC(=O)NO)Cc1ccc(C)cc1. The Hall–Kier alpha value is -1.44. The number of hydrogen-bond acceptors (Lipinski definition) is 4. The van der Waals surface area contributed by atoms with Gasteiger partial charge in [-0.05, 0) is 18.9 Å². The number of aryl methyl sites for hydroxylation is 1. The molecule has 0 bridgehead atoms. The second kappa shape index (κ2) is 11.2. The largest absolute Gasteiger partial charge is 0.289 e. The highest BCUT2D eigenvalue weighted by Gasteiger charge is 2.24. The summed E-state index contributed by atoms with van der Waals surface area (Å²) in [5, 5.41) is 8.73. The zero-order valence-electron chi connectivity index (χ0n) is 15.2. The minimum absolute atomic E-state index is 0.0176. The highest BCUT2D eigenvalue weighted by Crippen LogP contribution is 2.14. The number of nitrogens with one attached hydrogen (secondary N) is 1. The summed E-state index contributed by atoms with van der Waals surface area (Å²) in [6.45, 7) is 3.82. The zero-order valence-corrected chi connectivity index (χ0v) is 16.0. The van der Waals surface area contributed by atoms with Crippen molar-refractivity contribution >= 4 is 15.9 Å².